The van der Waals surface area contributed by atoms with Gasteiger partial charge in [0.25, 0.3) is 0 Å². The SMILES string of the molecule is O=C(Cc1cccc(F)c1)c1ccc([N+](=O)[O-])s1. The van der Waals surface area contributed by atoms with Crippen LogP contribution in [0.3, 0.4) is 0 Å². The van der Waals surface area contributed by atoms with Crippen LogP contribution in [-0.4, -0.2) is 10.7 Å². The second-order valence-electron chi connectivity index (χ2n) is 3.62. The van der Waals surface area contributed by atoms with E-state index < -0.39 is 10.7 Å². The number of benzene rings is 1. The van der Waals surface area contributed by atoms with Crippen LogP contribution in [-0.2, 0) is 6.42 Å². The maximum atomic E-state index is 12.9. The Labute approximate surface area is 106 Å². The molecule has 1 heterocycles. The highest BCUT2D eigenvalue weighted by atomic mass is 32.1. The topological polar surface area (TPSA) is 60.2 Å². The lowest BCUT2D eigenvalue weighted by Crippen LogP contribution is -2.01. The summed E-state index contributed by atoms with van der Waals surface area (Å²) in [5, 5.41) is 10.4. The van der Waals surface area contributed by atoms with Gasteiger partial charge < -0.3 is 0 Å². The van der Waals surface area contributed by atoms with E-state index >= 15 is 0 Å². The Morgan fingerprint density at radius 2 is 2.11 bits per heavy atom. The molecule has 0 unspecified atom stereocenters. The van der Waals surface area contributed by atoms with Crippen LogP contribution in [0.5, 0.6) is 0 Å². The van der Waals surface area contributed by atoms with Crippen molar-refractivity contribution in [1.29, 1.82) is 0 Å². The molecular weight excluding hydrogens is 257 g/mol. The van der Waals surface area contributed by atoms with Gasteiger partial charge >= 0.3 is 5.00 Å². The van der Waals surface area contributed by atoms with Gasteiger partial charge in [-0.3, -0.25) is 14.9 Å². The predicted molar refractivity (Wildman–Crippen MR) is 65.4 cm³/mol. The third kappa shape index (κ3) is 2.78. The van der Waals surface area contributed by atoms with Crippen LogP contribution in [0.1, 0.15) is 15.2 Å². The molecule has 0 spiro atoms. The zero-order chi connectivity index (χ0) is 13.1. The molecule has 0 fully saturated rings. The van der Waals surface area contributed by atoms with Gasteiger partial charge in [0.15, 0.2) is 5.78 Å². The van der Waals surface area contributed by atoms with Crippen molar-refractivity contribution in [2.24, 2.45) is 0 Å². The average Bonchev–Trinajstić information content (AvgIpc) is 2.78. The van der Waals surface area contributed by atoms with Crippen LogP contribution < -0.4 is 0 Å². The van der Waals surface area contributed by atoms with Crippen molar-refractivity contribution in [3.63, 3.8) is 0 Å². The molecule has 4 nitrogen and oxygen atoms in total. The van der Waals surface area contributed by atoms with Crippen molar-refractivity contribution >= 4 is 22.1 Å². The number of halogens is 1. The minimum absolute atomic E-state index is 0.0371. The number of thiophene rings is 1. The smallest absolute Gasteiger partial charge is 0.293 e. The Balaban J connectivity index is 2.14. The second-order valence-corrected chi connectivity index (χ2v) is 4.69. The standard InChI is InChI=1S/C12H8FNO3S/c13-9-3-1-2-8(6-9)7-10(15)11-4-5-12(18-11)14(16)17/h1-6H,7H2. The molecule has 0 saturated carbocycles. The molecule has 0 radical (unpaired) electrons. The Morgan fingerprint density at radius 3 is 2.72 bits per heavy atom. The number of carbonyl (C=O) groups is 1. The highest BCUT2D eigenvalue weighted by molar-refractivity contribution is 7.17. The van der Waals surface area contributed by atoms with E-state index in [9.17, 15) is 19.3 Å². The molecule has 6 heteroatoms. The fourth-order valence-corrected chi connectivity index (χ4v) is 2.25. The number of nitro groups is 1. The molecule has 0 saturated heterocycles. The largest absolute Gasteiger partial charge is 0.324 e. The van der Waals surface area contributed by atoms with Crippen molar-refractivity contribution in [1.82, 2.24) is 0 Å². The Kier molecular flexibility index (Phi) is 3.47. The van der Waals surface area contributed by atoms with E-state index in [1.807, 2.05) is 0 Å². The van der Waals surface area contributed by atoms with E-state index in [0.29, 0.717) is 10.4 Å². The zero-order valence-corrected chi connectivity index (χ0v) is 9.95. The van der Waals surface area contributed by atoms with Gasteiger partial charge in [0.05, 0.1) is 9.80 Å². The molecule has 2 aromatic rings. The van der Waals surface area contributed by atoms with E-state index in [2.05, 4.69) is 0 Å². The number of ketones is 1. The summed E-state index contributed by atoms with van der Waals surface area (Å²) in [7, 11) is 0. The first kappa shape index (κ1) is 12.4. The first-order valence-electron chi connectivity index (χ1n) is 5.08. The summed E-state index contributed by atoms with van der Waals surface area (Å²) in [6, 6.07) is 8.45. The lowest BCUT2D eigenvalue weighted by atomic mass is 10.1. The Bertz CT molecular complexity index is 609. The van der Waals surface area contributed by atoms with Crippen molar-refractivity contribution in [2.75, 3.05) is 0 Å². The number of Topliss-reactive ketones (excluding diaryl/α,β-unsaturated/α-hetero) is 1. The Hall–Kier alpha value is -2.08. The van der Waals surface area contributed by atoms with Crippen LogP contribution in [0.2, 0.25) is 0 Å². The van der Waals surface area contributed by atoms with Crippen molar-refractivity contribution in [3.05, 3.63) is 62.8 Å². The summed E-state index contributed by atoms with van der Waals surface area (Å²) in [4.78, 5) is 22.1. The van der Waals surface area contributed by atoms with Crippen LogP contribution in [0.4, 0.5) is 9.39 Å². The number of hydrogen-bond donors (Lipinski definition) is 0. The van der Waals surface area contributed by atoms with Crippen LogP contribution in [0.15, 0.2) is 36.4 Å². The monoisotopic (exact) mass is 265 g/mol. The van der Waals surface area contributed by atoms with Crippen molar-refractivity contribution in [3.8, 4) is 0 Å². The quantitative estimate of drug-likeness (QED) is 0.484. The summed E-state index contributed by atoms with van der Waals surface area (Å²) >= 11 is 0.830. The molecule has 0 bridgehead atoms. The molecule has 18 heavy (non-hydrogen) atoms. The van der Waals surface area contributed by atoms with Gasteiger partial charge in [-0.05, 0) is 23.8 Å². The molecular formula is C12H8FNO3S. The number of carbonyl (C=O) groups excluding carboxylic acids is 1. The summed E-state index contributed by atoms with van der Waals surface area (Å²) in [5.74, 6) is -0.656. The van der Waals surface area contributed by atoms with Gasteiger partial charge in [-0.15, -0.1) is 0 Å². The first-order valence-corrected chi connectivity index (χ1v) is 5.90. The minimum Gasteiger partial charge on any atom is -0.293 e. The molecule has 0 amide bonds. The van der Waals surface area contributed by atoms with E-state index in [1.54, 1.807) is 6.07 Å². The van der Waals surface area contributed by atoms with E-state index in [4.69, 9.17) is 0 Å². The molecule has 0 aliphatic rings. The molecule has 92 valence electrons. The highest BCUT2D eigenvalue weighted by Crippen LogP contribution is 2.25. The van der Waals surface area contributed by atoms with E-state index in [0.717, 1.165) is 11.3 Å². The van der Waals surface area contributed by atoms with Crippen molar-refractivity contribution < 1.29 is 14.1 Å². The molecule has 0 aliphatic heterocycles. The van der Waals surface area contributed by atoms with Gasteiger partial charge in [0.2, 0.25) is 0 Å². The van der Waals surface area contributed by atoms with Gasteiger partial charge in [0.1, 0.15) is 5.82 Å². The van der Waals surface area contributed by atoms with Gasteiger partial charge in [-0.1, -0.05) is 23.5 Å². The number of hydrogen-bond acceptors (Lipinski definition) is 4. The fraction of sp³-hybridized carbons (Fsp3) is 0.0833. The number of rotatable bonds is 4. The highest BCUT2D eigenvalue weighted by Gasteiger charge is 2.15. The minimum atomic E-state index is -0.538. The Morgan fingerprint density at radius 1 is 1.33 bits per heavy atom. The lowest BCUT2D eigenvalue weighted by molar-refractivity contribution is -0.380. The van der Waals surface area contributed by atoms with Crippen LogP contribution in [0.25, 0.3) is 0 Å². The maximum absolute atomic E-state index is 12.9. The van der Waals surface area contributed by atoms with Crippen molar-refractivity contribution in [2.45, 2.75) is 6.42 Å². The second kappa shape index (κ2) is 5.05. The molecule has 0 aliphatic carbocycles. The summed E-state index contributed by atoms with van der Waals surface area (Å²) in [6.07, 6.45) is 0.0371. The first-order chi connectivity index (χ1) is 8.56. The predicted octanol–water partition coefficient (Wildman–Crippen LogP) is 3.22. The van der Waals surface area contributed by atoms with E-state index in [1.165, 1.54) is 30.3 Å². The number of nitrogens with zero attached hydrogens (tertiary/aromatic N) is 1. The van der Waals surface area contributed by atoms with Gasteiger partial charge in [0, 0.05) is 12.5 Å². The van der Waals surface area contributed by atoms with Gasteiger partial charge in [-0.25, -0.2) is 4.39 Å². The van der Waals surface area contributed by atoms with Gasteiger partial charge in [-0.2, -0.15) is 0 Å². The molecule has 1 aromatic heterocycles. The molecule has 0 N–H and O–H groups in total. The van der Waals surface area contributed by atoms with E-state index in [-0.39, 0.29) is 17.2 Å². The molecule has 1 aromatic carbocycles. The average molecular weight is 265 g/mol. The third-order valence-corrected chi connectivity index (χ3v) is 3.38. The third-order valence-electron chi connectivity index (χ3n) is 2.30. The summed E-state index contributed by atoms with van der Waals surface area (Å²) < 4.78 is 12.9. The maximum Gasteiger partial charge on any atom is 0.324 e. The summed E-state index contributed by atoms with van der Waals surface area (Å²) in [5.41, 5.74) is 0.552. The fourth-order valence-electron chi connectivity index (χ4n) is 1.50. The van der Waals surface area contributed by atoms with Crippen LogP contribution >= 0.6 is 11.3 Å². The normalized spacial score (nSPS) is 10.3. The van der Waals surface area contributed by atoms with Crippen LogP contribution in [0, 0.1) is 15.9 Å². The zero-order valence-electron chi connectivity index (χ0n) is 9.13. The molecule has 0 atom stereocenters. The molecule has 2 rings (SSSR count). The lowest BCUT2D eigenvalue weighted by Gasteiger charge is -1.98. The summed E-state index contributed by atoms with van der Waals surface area (Å²) in [6.45, 7) is 0.